The second-order valence-electron chi connectivity index (χ2n) is 5.76. The van der Waals surface area contributed by atoms with E-state index in [-0.39, 0.29) is 24.0 Å². The topological polar surface area (TPSA) is 27.6 Å². The Hall–Kier alpha value is 0. The molecule has 2 atom stereocenters. The molecule has 0 radical (unpaired) electrons. The summed E-state index contributed by atoms with van der Waals surface area (Å²) in [6.45, 7) is 5.87. The van der Waals surface area contributed by atoms with E-state index in [1.54, 1.807) is 0 Å². The van der Waals surface area contributed by atoms with E-state index < -0.39 is 0 Å². The molecule has 1 aliphatic carbocycles. The van der Waals surface area contributed by atoms with Gasteiger partial charge in [0.25, 0.3) is 0 Å². The first-order valence-electron chi connectivity index (χ1n) is 7.25. The van der Waals surface area contributed by atoms with Crippen LogP contribution < -0.4 is 5.32 Å². The van der Waals surface area contributed by atoms with Crippen LogP contribution in [0.5, 0.6) is 0 Å². The van der Waals surface area contributed by atoms with Gasteiger partial charge in [-0.3, -0.25) is 4.99 Å². The molecule has 106 valence electrons. The summed E-state index contributed by atoms with van der Waals surface area (Å²) < 4.78 is 0. The average molecular weight is 365 g/mol. The quantitative estimate of drug-likeness (QED) is 0.463. The number of aliphatic imine (C=N–C) groups is 1. The van der Waals surface area contributed by atoms with Crippen molar-refractivity contribution in [3.05, 3.63) is 0 Å². The fraction of sp³-hybridized carbons (Fsp3) is 0.929. The van der Waals surface area contributed by atoms with Gasteiger partial charge in [-0.25, -0.2) is 0 Å². The van der Waals surface area contributed by atoms with Gasteiger partial charge in [0, 0.05) is 26.7 Å². The van der Waals surface area contributed by atoms with Crippen LogP contribution in [0.1, 0.15) is 45.4 Å². The van der Waals surface area contributed by atoms with Gasteiger partial charge in [0.15, 0.2) is 5.96 Å². The molecule has 18 heavy (non-hydrogen) atoms. The normalized spacial score (nSPS) is 29.0. The Morgan fingerprint density at radius 2 is 1.94 bits per heavy atom. The lowest BCUT2D eigenvalue weighted by Crippen LogP contribution is -2.42. The summed E-state index contributed by atoms with van der Waals surface area (Å²) in [6, 6.07) is 0. The Balaban J connectivity index is 0.00000162. The van der Waals surface area contributed by atoms with Crippen molar-refractivity contribution in [2.45, 2.75) is 45.4 Å². The fourth-order valence-electron chi connectivity index (χ4n) is 3.24. The highest BCUT2D eigenvalue weighted by Gasteiger charge is 2.20. The number of rotatable bonds is 2. The van der Waals surface area contributed by atoms with Gasteiger partial charge in [0.2, 0.25) is 0 Å². The van der Waals surface area contributed by atoms with Gasteiger partial charge < -0.3 is 10.2 Å². The second kappa shape index (κ2) is 8.23. The molecule has 2 unspecified atom stereocenters. The third kappa shape index (κ3) is 4.59. The number of likely N-dealkylation sites (tertiary alicyclic amines) is 1. The van der Waals surface area contributed by atoms with E-state index in [0.717, 1.165) is 24.3 Å². The lowest BCUT2D eigenvalue weighted by molar-refractivity contribution is 0.280. The van der Waals surface area contributed by atoms with Crippen molar-refractivity contribution in [1.82, 2.24) is 10.2 Å². The van der Waals surface area contributed by atoms with Crippen LogP contribution in [0.15, 0.2) is 4.99 Å². The van der Waals surface area contributed by atoms with Crippen molar-refractivity contribution < 1.29 is 0 Å². The molecule has 1 aliphatic heterocycles. The first-order chi connectivity index (χ1) is 8.29. The number of guanidine groups is 1. The highest BCUT2D eigenvalue weighted by Crippen LogP contribution is 2.27. The molecular weight excluding hydrogens is 337 g/mol. The highest BCUT2D eigenvalue weighted by molar-refractivity contribution is 14.0. The monoisotopic (exact) mass is 365 g/mol. The molecule has 3 nitrogen and oxygen atoms in total. The van der Waals surface area contributed by atoms with Gasteiger partial charge in [-0.15, -0.1) is 24.0 Å². The molecule has 0 aromatic heterocycles. The summed E-state index contributed by atoms with van der Waals surface area (Å²) in [7, 11) is 1.91. The van der Waals surface area contributed by atoms with E-state index in [2.05, 4.69) is 22.1 Å². The van der Waals surface area contributed by atoms with E-state index in [1.807, 2.05) is 7.05 Å². The van der Waals surface area contributed by atoms with Gasteiger partial charge in [-0.2, -0.15) is 0 Å². The summed E-state index contributed by atoms with van der Waals surface area (Å²) in [5.41, 5.74) is 0. The molecular formula is C14H28IN3. The van der Waals surface area contributed by atoms with Crippen LogP contribution in [-0.2, 0) is 0 Å². The second-order valence-corrected chi connectivity index (χ2v) is 5.76. The molecule has 1 heterocycles. The van der Waals surface area contributed by atoms with Crippen LogP contribution >= 0.6 is 24.0 Å². The number of hydrogen-bond donors (Lipinski definition) is 1. The molecule has 2 rings (SSSR count). The largest absolute Gasteiger partial charge is 0.356 e. The number of hydrogen-bond acceptors (Lipinski definition) is 1. The SMILES string of the molecule is CN=C(NCC1CCCC(C)C1)N1CCCC1.I. The molecule has 0 aromatic rings. The summed E-state index contributed by atoms with van der Waals surface area (Å²) in [5, 5.41) is 3.58. The zero-order valence-electron chi connectivity index (χ0n) is 11.8. The van der Waals surface area contributed by atoms with E-state index in [1.165, 1.54) is 51.6 Å². The summed E-state index contributed by atoms with van der Waals surface area (Å²) in [5.74, 6) is 2.91. The summed E-state index contributed by atoms with van der Waals surface area (Å²) >= 11 is 0. The first-order valence-corrected chi connectivity index (χ1v) is 7.25. The maximum Gasteiger partial charge on any atom is 0.193 e. The molecule has 0 amide bonds. The molecule has 1 saturated heterocycles. The van der Waals surface area contributed by atoms with E-state index in [0.29, 0.717) is 0 Å². The van der Waals surface area contributed by atoms with E-state index in [4.69, 9.17) is 0 Å². The molecule has 0 bridgehead atoms. The van der Waals surface area contributed by atoms with Crippen LogP contribution in [0, 0.1) is 11.8 Å². The molecule has 1 N–H and O–H groups in total. The Labute approximate surface area is 129 Å². The predicted molar refractivity (Wildman–Crippen MR) is 88.7 cm³/mol. The van der Waals surface area contributed by atoms with Gasteiger partial charge in [0.05, 0.1) is 0 Å². The van der Waals surface area contributed by atoms with Gasteiger partial charge in [-0.05, 0) is 37.5 Å². The fourth-order valence-corrected chi connectivity index (χ4v) is 3.24. The van der Waals surface area contributed by atoms with Crippen LogP contribution in [0.25, 0.3) is 0 Å². The van der Waals surface area contributed by atoms with Crippen LogP contribution in [0.2, 0.25) is 0 Å². The van der Waals surface area contributed by atoms with Gasteiger partial charge >= 0.3 is 0 Å². The third-order valence-electron chi connectivity index (χ3n) is 4.21. The zero-order valence-corrected chi connectivity index (χ0v) is 14.2. The van der Waals surface area contributed by atoms with E-state index in [9.17, 15) is 0 Å². The molecule has 2 aliphatic rings. The third-order valence-corrected chi connectivity index (χ3v) is 4.21. The smallest absolute Gasteiger partial charge is 0.193 e. The minimum absolute atomic E-state index is 0. The Bertz CT molecular complexity index is 262. The van der Waals surface area contributed by atoms with Crippen LogP contribution in [0.4, 0.5) is 0 Å². The number of halogens is 1. The Morgan fingerprint density at radius 3 is 2.56 bits per heavy atom. The minimum atomic E-state index is 0. The van der Waals surface area contributed by atoms with Gasteiger partial charge in [0.1, 0.15) is 0 Å². The van der Waals surface area contributed by atoms with Crippen molar-refractivity contribution in [1.29, 1.82) is 0 Å². The van der Waals surface area contributed by atoms with Crippen molar-refractivity contribution in [2.75, 3.05) is 26.7 Å². The van der Waals surface area contributed by atoms with Crippen molar-refractivity contribution >= 4 is 29.9 Å². The summed E-state index contributed by atoms with van der Waals surface area (Å²) in [6.07, 6.45) is 8.27. The van der Waals surface area contributed by atoms with Crippen LogP contribution in [-0.4, -0.2) is 37.5 Å². The van der Waals surface area contributed by atoms with Crippen molar-refractivity contribution in [2.24, 2.45) is 16.8 Å². The van der Waals surface area contributed by atoms with Gasteiger partial charge in [-0.1, -0.05) is 19.8 Å². The maximum atomic E-state index is 4.40. The minimum Gasteiger partial charge on any atom is -0.356 e. The number of nitrogens with zero attached hydrogens (tertiary/aromatic N) is 2. The van der Waals surface area contributed by atoms with Crippen LogP contribution in [0.3, 0.4) is 0 Å². The molecule has 0 spiro atoms. The van der Waals surface area contributed by atoms with E-state index >= 15 is 0 Å². The summed E-state index contributed by atoms with van der Waals surface area (Å²) in [4.78, 5) is 6.80. The standard InChI is InChI=1S/C14H27N3.HI/c1-12-6-5-7-13(10-12)11-16-14(15-2)17-8-3-4-9-17;/h12-13H,3-11H2,1-2H3,(H,15,16);1H. The average Bonchev–Trinajstić information content (AvgIpc) is 2.84. The highest BCUT2D eigenvalue weighted by atomic mass is 127. The lowest BCUT2D eigenvalue weighted by Gasteiger charge is -2.29. The predicted octanol–water partition coefficient (Wildman–Crippen LogP) is 3.10. The zero-order chi connectivity index (χ0) is 12.1. The molecule has 1 saturated carbocycles. The van der Waals surface area contributed by atoms with Crippen molar-refractivity contribution in [3.8, 4) is 0 Å². The molecule has 4 heteroatoms. The first kappa shape index (κ1) is 16.1. The number of nitrogens with one attached hydrogen (secondary N) is 1. The lowest BCUT2D eigenvalue weighted by atomic mass is 9.82. The Morgan fingerprint density at radius 1 is 1.22 bits per heavy atom. The molecule has 0 aromatic carbocycles. The van der Waals surface area contributed by atoms with Crippen molar-refractivity contribution in [3.63, 3.8) is 0 Å². The molecule has 2 fully saturated rings. The maximum absolute atomic E-state index is 4.40. The Kier molecular flexibility index (Phi) is 7.34.